The van der Waals surface area contributed by atoms with E-state index in [2.05, 4.69) is 4.72 Å². The first-order valence-corrected chi connectivity index (χ1v) is 8.70. The lowest BCUT2D eigenvalue weighted by Gasteiger charge is -2.03. The Labute approximate surface area is 115 Å². The largest absolute Gasteiger partial charge is 0.326 e. The van der Waals surface area contributed by atoms with Crippen molar-refractivity contribution in [3.05, 3.63) is 38.7 Å². The maximum absolute atomic E-state index is 11.9. The van der Waals surface area contributed by atoms with Gasteiger partial charge in [0.1, 0.15) is 0 Å². The molecule has 2 aromatic rings. The van der Waals surface area contributed by atoms with Crippen LogP contribution in [0.2, 0.25) is 0 Å². The summed E-state index contributed by atoms with van der Waals surface area (Å²) in [5, 5.41) is 5.62. The van der Waals surface area contributed by atoms with Gasteiger partial charge in [0.2, 0.25) is 10.0 Å². The molecule has 0 saturated heterocycles. The number of nitrogens with two attached hydrogens (primary N) is 1. The van der Waals surface area contributed by atoms with Gasteiger partial charge in [0.25, 0.3) is 0 Å². The molecule has 4 nitrogen and oxygen atoms in total. The first-order chi connectivity index (χ1) is 8.62. The van der Waals surface area contributed by atoms with Crippen molar-refractivity contribution < 1.29 is 8.42 Å². The lowest BCUT2D eigenvalue weighted by atomic mass is 10.2. The van der Waals surface area contributed by atoms with Gasteiger partial charge in [0.15, 0.2) is 0 Å². The highest BCUT2D eigenvalue weighted by Gasteiger charge is 2.15. The molecule has 3 N–H and O–H groups in total. The second-order valence-electron chi connectivity index (χ2n) is 3.73. The molecule has 18 heavy (non-hydrogen) atoms. The fraction of sp³-hybridized carbons (Fsp3) is 0.273. The zero-order valence-corrected chi connectivity index (χ0v) is 12.1. The third-order valence-corrected chi connectivity index (χ3v) is 5.71. The maximum Gasteiger partial charge on any atom is 0.241 e. The minimum absolute atomic E-state index is 0.304. The van der Waals surface area contributed by atoms with Gasteiger partial charge in [-0.3, -0.25) is 0 Å². The Morgan fingerprint density at radius 3 is 2.78 bits per heavy atom. The van der Waals surface area contributed by atoms with Crippen LogP contribution < -0.4 is 10.5 Å². The summed E-state index contributed by atoms with van der Waals surface area (Å²) in [7, 11) is -3.39. The molecule has 2 heterocycles. The van der Waals surface area contributed by atoms with Crippen molar-refractivity contribution in [3.8, 4) is 0 Å². The molecule has 0 spiro atoms. The van der Waals surface area contributed by atoms with E-state index in [1.807, 2.05) is 16.8 Å². The highest BCUT2D eigenvalue weighted by molar-refractivity contribution is 7.89. The third-order valence-electron chi connectivity index (χ3n) is 2.43. The zero-order chi connectivity index (χ0) is 13.0. The molecule has 0 fully saturated rings. The summed E-state index contributed by atoms with van der Waals surface area (Å²) in [5.74, 6) is 0. The number of sulfonamides is 1. The molecule has 7 heteroatoms. The maximum atomic E-state index is 11.9. The number of hydrogen-bond donors (Lipinski definition) is 2. The minimum atomic E-state index is -3.39. The molecule has 0 aromatic carbocycles. The van der Waals surface area contributed by atoms with Crippen molar-refractivity contribution in [2.24, 2.45) is 5.73 Å². The highest BCUT2D eigenvalue weighted by Crippen LogP contribution is 2.18. The van der Waals surface area contributed by atoms with Crippen LogP contribution in [0.1, 0.15) is 10.4 Å². The quantitative estimate of drug-likeness (QED) is 0.854. The summed E-state index contributed by atoms with van der Waals surface area (Å²) in [5.41, 5.74) is 6.62. The topological polar surface area (TPSA) is 72.2 Å². The predicted octanol–water partition coefficient (Wildman–Crippen LogP) is 1.79. The number of hydrogen-bond acceptors (Lipinski definition) is 5. The Morgan fingerprint density at radius 1 is 1.33 bits per heavy atom. The average Bonchev–Trinajstić information content (AvgIpc) is 2.99. The summed E-state index contributed by atoms with van der Waals surface area (Å²) in [6.07, 6.45) is 0.705. The van der Waals surface area contributed by atoms with Gasteiger partial charge in [0.05, 0.1) is 4.90 Å². The van der Waals surface area contributed by atoms with E-state index in [0.29, 0.717) is 24.4 Å². The van der Waals surface area contributed by atoms with Crippen molar-refractivity contribution in [1.29, 1.82) is 0 Å². The van der Waals surface area contributed by atoms with Crippen LogP contribution in [-0.2, 0) is 23.0 Å². The summed E-state index contributed by atoms with van der Waals surface area (Å²) < 4.78 is 26.5. The van der Waals surface area contributed by atoms with Gasteiger partial charge < -0.3 is 5.73 Å². The van der Waals surface area contributed by atoms with Crippen LogP contribution in [-0.4, -0.2) is 15.0 Å². The molecule has 0 bridgehead atoms. The van der Waals surface area contributed by atoms with Crippen LogP contribution in [0.4, 0.5) is 0 Å². The second kappa shape index (κ2) is 5.94. The average molecular weight is 302 g/mol. The highest BCUT2D eigenvalue weighted by atomic mass is 32.2. The van der Waals surface area contributed by atoms with Gasteiger partial charge >= 0.3 is 0 Å². The Bertz CT molecular complexity index is 588. The fourth-order valence-electron chi connectivity index (χ4n) is 1.46. The molecule has 0 aliphatic heterocycles. The van der Waals surface area contributed by atoms with Crippen LogP contribution in [0.3, 0.4) is 0 Å². The smallest absolute Gasteiger partial charge is 0.241 e. The molecule has 0 atom stereocenters. The first-order valence-electron chi connectivity index (χ1n) is 5.40. The fourth-order valence-corrected chi connectivity index (χ4v) is 4.35. The molecule has 0 aliphatic carbocycles. The molecular weight excluding hydrogens is 288 g/mol. The molecule has 0 radical (unpaired) electrons. The first kappa shape index (κ1) is 13.7. The van der Waals surface area contributed by atoms with Gasteiger partial charge in [-0.05, 0) is 34.9 Å². The summed E-state index contributed by atoms with van der Waals surface area (Å²) in [4.78, 5) is 1.17. The number of rotatable bonds is 6. The second-order valence-corrected chi connectivity index (χ2v) is 7.27. The van der Waals surface area contributed by atoms with Crippen LogP contribution in [0.25, 0.3) is 0 Å². The Kier molecular flexibility index (Phi) is 4.52. The SMILES string of the molecule is NCc1cc(S(=O)(=O)NCCc2ccsc2)cs1. The Morgan fingerprint density at radius 2 is 2.17 bits per heavy atom. The van der Waals surface area contributed by atoms with Gasteiger partial charge in [-0.1, -0.05) is 0 Å². The molecule has 2 rings (SSSR count). The van der Waals surface area contributed by atoms with Gasteiger partial charge in [-0.2, -0.15) is 11.3 Å². The number of thiophene rings is 2. The standard InChI is InChI=1S/C11H14N2O2S3/c12-6-10-5-11(8-17-10)18(14,15)13-3-1-9-2-4-16-7-9/h2,4-5,7-8,13H,1,3,6,12H2. The minimum Gasteiger partial charge on any atom is -0.326 e. The van der Waals surface area contributed by atoms with Gasteiger partial charge in [0, 0.05) is 23.3 Å². The van der Waals surface area contributed by atoms with E-state index in [1.165, 1.54) is 11.3 Å². The van der Waals surface area contributed by atoms with E-state index < -0.39 is 10.0 Å². The van der Waals surface area contributed by atoms with Crippen LogP contribution in [0, 0.1) is 0 Å². The lowest BCUT2D eigenvalue weighted by molar-refractivity contribution is 0.582. The van der Waals surface area contributed by atoms with Crippen LogP contribution >= 0.6 is 22.7 Å². The van der Waals surface area contributed by atoms with Gasteiger partial charge in [-0.15, -0.1) is 11.3 Å². The third kappa shape index (κ3) is 3.39. The van der Waals surface area contributed by atoms with E-state index in [1.54, 1.807) is 22.8 Å². The molecule has 2 aromatic heterocycles. The predicted molar refractivity (Wildman–Crippen MR) is 75.4 cm³/mol. The molecule has 0 amide bonds. The van der Waals surface area contributed by atoms with Crippen molar-refractivity contribution >= 4 is 32.7 Å². The van der Waals surface area contributed by atoms with E-state index in [0.717, 1.165) is 10.4 Å². The summed E-state index contributed by atoms with van der Waals surface area (Å²) in [6, 6.07) is 3.62. The van der Waals surface area contributed by atoms with Crippen molar-refractivity contribution in [3.63, 3.8) is 0 Å². The van der Waals surface area contributed by atoms with Crippen molar-refractivity contribution in [2.75, 3.05) is 6.54 Å². The lowest BCUT2D eigenvalue weighted by Crippen LogP contribution is -2.25. The molecule has 0 aliphatic rings. The van der Waals surface area contributed by atoms with E-state index in [-0.39, 0.29) is 0 Å². The molecule has 98 valence electrons. The van der Waals surface area contributed by atoms with Crippen molar-refractivity contribution in [1.82, 2.24) is 4.72 Å². The zero-order valence-electron chi connectivity index (χ0n) is 9.63. The van der Waals surface area contributed by atoms with Crippen LogP contribution in [0.15, 0.2) is 33.2 Å². The normalized spacial score (nSPS) is 11.8. The molecular formula is C11H14N2O2S3. The molecule has 0 unspecified atom stereocenters. The number of nitrogens with one attached hydrogen (secondary N) is 1. The Hall–Kier alpha value is -0.730. The van der Waals surface area contributed by atoms with E-state index >= 15 is 0 Å². The summed E-state index contributed by atoms with van der Waals surface area (Å²) in [6.45, 7) is 0.780. The monoisotopic (exact) mass is 302 g/mol. The molecule has 0 saturated carbocycles. The summed E-state index contributed by atoms with van der Waals surface area (Å²) >= 11 is 2.98. The van der Waals surface area contributed by atoms with Gasteiger partial charge in [-0.25, -0.2) is 13.1 Å². The van der Waals surface area contributed by atoms with Crippen LogP contribution in [0.5, 0.6) is 0 Å². The Balaban J connectivity index is 1.95. The van der Waals surface area contributed by atoms with E-state index in [9.17, 15) is 8.42 Å². The van der Waals surface area contributed by atoms with Crippen molar-refractivity contribution in [2.45, 2.75) is 17.9 Å². The van der Waals surface area contributed by atoms with E-state index in [4.69, 9.17) is 5.73 Å².